The monoisotopic (exact) mass is 282 g/mol. The zero-order valence-corrected chi connectivity index (χ0v) is 12.1. The number of benzene rings is 1. The predicted octanol–water partition coefficient (Wildman–Crippen LogP) is 3.97. The van der Waals surface area contributed by atoms with Gasteiger partial charge in [0.25, 0.3) is 5.69 Å². The molecule has 0 spiro atoms. The van der Waals surface area contributed by atoms with Crippen molar-refractivity contribution in [1.82, 2.24) is 4.90 Å². The summed E-state index contributed by atoms with van der Waals surface area (Å²) in [4.78, 5) is 12.9. The van der Waals surface area contributed by atoms with Gasteiger partial charge in [-0.3, -0.25) is 15.0 Å². The van der Waals surface area contributed by atoms with Crippen LogP contribution < -0.4 is 0 Å². The van der Waals surface area contributed by atoms with Crippen molar-refractivity contribution >= 4 is 17.3 Å². The standard InChI is InChI=1S/C14H19ClN2O2/c1-14(2,16-6-4-3-5-7-16)11-8-12(15)10-13(9-11)17(18)19/h8-10H,3-7H2,1-2H3. The first-order valence-electron chi connectivity index (χ1n) is 6.62. The second kappa shape index (κ2) is 5.47. The van der Waals surface area contributed by atoms with Crippen LogP contribution in [0.15, 0.2) is 18.2 Å². The molecule has 1 aromatic rings. The summed E-state index contributed by atoms with van der Waals surface area (Å²) in [7, 11) is 0. The normalized spacial score (nSPS) is 17.4. The summed E-state index contributed by atoms with van der Waals surface area (Å²) in [5, 5.41) is 11.4. The first-order chi connectivity index (χ1) is 8.91. The molecule has 104 valence electrons. The van der Waals surface area contributed by atoms with Gasteiger partial charge in [-0.15, -0.1) is 0 Å². The van der Waals surface area contributed by atoms with Gasteiger partial charge >= 0.3 is 0 Å². The second-order valence-electron chi connectivity index (χ2n) is 5.56. The van der Waals surface area contributed by atoms with E-state index in [1.165, 1.54) is 25.3 Å². The van der Waals surface area contributed by atoms with Crippen LogP contribution in [0.25, 0.3) is 0 Å². The zero-order chi connectivity index (χ0) is 14.0. The summed E-state index contributed by atoms with van der Waals surface area (Å²) in [5.74, 6) is 0. The van der Waals surface area contributed by atoms with Crippen LogP contribution in [0.1, 0.15) is 38.7 Å². The number of piperidine rings is 1. The van der Waals surface area contributed by atoms with Crippen LogP contribution in [0.3, 0.4) is 0 Å². The molecule has 1 heterocycles. The van der Waals surface area contributed by atoms with Crippen LogP contribution in [-0.2, 0) is 5.54 Å². The molecule has 1 aliphatic rings. The summed E-state index contributed by atoms with van der Waals surface area (Å²) in [6.07, 6.45) is 3.64. The maximum absolute atomic E-state index is 10.9. The van der Waals surface area contributed by atoms with Crippen molar-refractivity contribution < 1.29 is 4.92 Å². The Balaban J connectivity index is 2.35. The van der Waals surface area contributed by atoms with E-state index >= 15 is 0 Å². The number of nitrogens with zero attached hydrogens (tertiary/aromatic N) is 2. The number of rotatable bonds is 3. The zero-order valence-electron chi connectivity index (χ0n) is 11.4. The first-order valence-corrected chi connectivity index (χ1v) is 6.99. The molecule has 2 rings (SSSR count). The molecule has 0 bridgehead atoms. The van der Waals surface area contributed by atoms with E-state index < -0.39 is 0 Å². The predicted molar refractivity (Wildman–Crippen MR) is 76.6 cm³/mol. The van der Waals surface area contributed by atoms with Gasteiger partial charge in [0.15, 0.2) is 0 Å². The van der Waals surface area contributed by atoms with Crippen molar-refractivity contribution in [2.24, 2.45) is 0 Å². The third kappa shape index (κ3) is 3.07. The number of hydrogen-bond acceptors (Lipinski definition) is 3. The number of nitro benzene ring substituents is 1. The van der Waals surface area contributed by atoms with Crippen molar-refractivity contribution in [3.8, 4) is 0 Å². The van der Waals surface area contributed by atoms with Crippen LogP contribution in [0, 0.1) is 10.1 Å². The Hall–Kier alpha value is -1.13. The molecule has 1 aliphatic heterocycles. The minimum absolute atomic E-state index is 0.0626. The fraction of sp³-hybridized carbons (Fsp3) is 0.571. The van der Waals surface area contributed by atoms with E-state index in [1.807, 2.05) is 6.07 Å². The highest BCUT2D eigenvalue weighted by atomic mass is 35.5. The Labute approximate surface area is 118 Å². The highest BCUT2D eigenvalue weighted by Crippen LogP contribution is 2.34. The maximum Gasteiger partial charge on any atom is 0.271 e. The van der Waals surface area contributed by atoms with Crippen LogP contribution in [0.2, 0.25) is 5.02 Å². The van der Waals surface area contributed by atoms with Gasteiger partial charge in [-0.05, 0) is 51.4 Å². The molecule has 0 aromatic heterocycles. The van der Waals surface area contributed by atoms with Crippen molar-refractivity contribution in [3.05, 3.63) is 38.9 Å². The Kier molecular flexibility index (Phi) is 4.11. The first kappa shape index (κ1) is 14.3. The van der Waals surface area contributed by atoms with Gasteiger partial charge in [0.1, 0.15) is 0 Å². The highest BCUT2D eigenvalue weighted by Gasteiger charge is 2.31. The van der Waals surface area contributed by atoms with Crippen LogP contribution >= 0.6 is 11.6 Å². The SMILES string of the molecule is CC(C)(c1cc(Cl)cc([N+](=O)[O-])c1)N1CCCCC1. The molecule has 0 radical (unpaired) electrons. The van der Waals surface area contributed by atoms with Crippen molar-refractivity contribution in [2.75, 3.05) is 13.1 Å². The Morgan fingerprint density at radius 1 is 1.21 bits per heavy atom. The van der Waals surface area contributed by atoms with Gasteiger partial charge in [-0.2, -0.15) is 0 Å². The lowest BCUT2D eigenvalue weighted by Gasteiger charge is -2.41. The Bertz CT molecular complexity index is 482. The van der Waals surface area contributed by atoms with Gasteiger partial charge in [0.05, 0.1) is 4.92 Å². The quantitative estimate of drug-likeness (QED) is 0.622. The van der Waals surface area contributed by atoms with Gasteiger partial charge in [-0.25, -0.2) is 0 Å². The van der Waals surface area contributed by atoms with E-state index in [9.17, 15) is 10.1 Å². The number of hydrogen-bond donors (Lipinski definition) is 0. The Morgan fingerprint density at radius 3 is 2.42 bits per heavy atom. The van der Waals surface area contributed by atoms with E-state index in [-0.39, 0.29) is 16.1 Å². The second-order valence-corrected chi connectivity index (χ2v) is 6.00. The summed E-state index contributed by atoms with van der Waals surface area (Å²) in [6.45, 7) is 6.28. The van der Waals surface area contributed by atoms with E-state index in [0.29, 0.717) is 5.02 Å². The van der Waals surface area contributed by atoms with Gasteiger partial charge in [0, 0.05) is 22.7 Å². The lowest BCUT2D eigenvalue weighted by Crippen LogP contribution is -2.44. The summed E-state index contributed by atoms with van der Waals surface area (Å²) < 4.78 is 0. The fourth-order valence-electron chi connectivity index (χ4n) is 2.67. The molecule has 0 saturated carbocycles. The smallest absolute Gasteiger partial charge is 0.271 e. The number of non-ortho nitro benzene ring substituents is 1. The number of halogens is 1. The van der Waals surface area contributed by atoms with Crippen molar-refractivity contribution in [2.45, 2.75) is 38.6 Å². The molecule has 19 heavy (non-hydrogen) atoms. The largest absolute Gasteiger partial charge is 0.294 e. The van der Waals surface area contributed by atoms with Crippen LogP contribution in [0.4, 0.5) is 5.69 Å². The van der Waals surface area contributed by atoms with Gasteiger partial charge in [0.2, 0.25) is 0 Å². The molecule has 1 aromatic carbocycles. The average Bonchev–Trinajstić information content (AvgIpc) is 2.39. The Morgan fingerprint density at radius 2 is 1.84 bits per heavy atom. The van der Waals surface area contributed by atoms with Gasteiger partial charge in [-0.1, -0.05) is 18.0 Å². The highest BCUT2D eigenvalue weighted by molar-refractivity contribution is 6.30. The summed E-state index contributed by atoms with van der Waals surface area (Å²) in [6, 6.07) is 4.88. The molecule has 0 N–H and O–H groups in total. The third-order valence-corrected chi connectivity index (χ3v) is 4.16. The molecule has 0 aliphatic carbocycles. The molecular weight excluding hydrogens is 264 g/mol. The van der Waals surface area contributed by atoms with E-state index in [4.69, 9.17) is 11.6 Å². The lowest BCUT2D eigenvalue weighted by atomic mass is 9.90. The molecule has 1 saturated heterocycles. The van der Waals surface area contributed by atoms with Crippen molar-refractivity contribution in [1.29, 1.82) is 0 Å². The topological polar surface area (TPSA) is 46.4 Å². The fourth-order valence-corrected chi connectivity index (χ4v) is 2.90. The third-order valence-electron chi connectivity index (χ3n) is 3.95. The van der Waals surface area contributed by atoms with E-state index in [2.05, 4.69) is 18.7 Å². The summed E-state index contributed by atoms with van der Waals surface area (Å²) in [5.41, 5.74) is 0.747. The molecular formula is C14H19ClN2O2. The maximum atomic E-state index is 10.9. The molecule has 0 unspecified atom stereocenters. The molecule has 0 atom stereocenters. The molecule has 4 nitrogen and oxygen atoms in total. The van der Waals surface area contributed by atoms with E-state index in [1.54, 1.807) is 6.07 Å². The number of likely N-dealkylation sites (tertiary alicyclic amines) is 1. The lowest BCUT2D eigenvalue weighted by molar-refractivity contribution is -0.385. The average molecular weight is 283 g/mol. The summed E-state index contributed by atoms with van der Waals surface area (Å²) >= 11 is 6.02. The molecule has 1 fully saturated rings. The molecule has 5 heteroatoms. The van der Waals surface area contributed by atoms with Crippen LogP contribution in [-0.4, -0.2) is 22.9 Å². The van der Waals surface area contributed by atoms with Crippen LogP contribution in [0.5, 0.6) is 0 Å². The minimum Gasteiger partial charge on any atom is -0.294 e. The van der Waals surface area contributed by atoms with Crippen molar-refractivity contribution in [3.63, 3.8) is 0 Å². The molecule has 0 amide bonds. The van der Waals surface area contributed by atoms with Gasteiger partial charge < -0.3 is 0 Å². The van der Waals surface area contributed by atoms with E-state index in [0.717, 1.165) is 18.7 Å². The minimum atomic E-state index is -0.387. The number of nitro groups is 1.